The van der Waals surface area contributed by atoms with Gasteiger partial charge in [-0.25, -0.2) is 0 Å². The fraction of sp³-hybridized carbons (Fsp3) is 0.571. The van der Waals surface area contributed by atoms with Gasteiger partial charge in [0.15, 0.2) is 14.1 Å². The second-order valence-electron chi connectivity index (χ2n) is 8.42. The van der Waals surface area contributed by atoms with Crippen LogP contribution in [0.3, 0.4) is 0 Å². The predicted octanol–water partition coefficient (Wildman–Crippen LogP) is 4.86. The lowest BCUT2D eigenvalue weighted by Gasteiger charge is -2.39. The number of hydrogen-bond donors (Lipinski definition) is 0. The average Bonchev–Trinajstić information content (AvgIpc) is 2.72. The molecular weight excluding hydrogens is 344 g/mol. The van der Waals surface area contributed by atoms with E-state index in [0.717, 1.165) is 5.56 Å². The van der Waals surface area contributed by atoms with Gasteiger partial charge in [-0.3, -0.25) is 4.79 Å². The van der Waals surface area contributed by atoms with Crippen LogP contribution >= 0.6 is 0 Å². The second kappa shape index (κ2) is 9.09. The van der Waals surface area contributed by atoms with Crippen molar-refractivity contribution in [2.24, 2.45) is 0 Å². The Balaban J connectivity index is 1.86. The Bertz CT molecular complexity index is 604. The molecule has 4 nitrogen and oxygen atoms in total. The summed E-state index contributed by atoms with van der Waals surface area (Å²) in [5.41, 5.74) is 1.11. The normalized spacial score (nSPS) is 21.7. The molecule has 1 aliphatic carbocycles. The number of ketones is 1. The first-order valence-corrected chi connectivity index (χ1v) is 12.2. The summed E-state index contributed by atoms with van der Waals surface area (Å²) in [6, 6.07) is 10.0. The van der Waals surface area contributed by atoms with Crippen LogP contribution in [0.25, 0.3) is 0 Å². The van der Waals surface area contributed by atoms with Crippen molar-refractivity contribution in [3.63, 3.8) is 0 Å². The molecule has 1 aromatic carbocycles. The number of rotatable bonds is 7. The van der Waals surface area contributed by atoms with Gasteiger partial charge < -0.3 is 13.9 Å². The van der Waals surface area contributed by atoms with Crippen molar-refractivity contribution in [1.29, 1.82) is 0 Å². The van der Waals surface area contributed by atoms with Gasteiger partial charge in [-0.1, -0.05) is 57.2 Å². The van der Waals surface area contributed by atoms with E-state index >= 15 is 0 Å². The van der Waals surface area contributed by atoms with Gasteiger partial charge in [-0.2, -0.15) is 0 Å². The van der Waals surface area contributed by atoms with Crippen LogP contribution in [0.5, 0.6) is 0 Å². The first-order valence-electron chi connectivity index (χ1n) is 9.29. The molecule has 0 fully saturated rings. The van der Waals surface area contributed by atoms with E-state index in [1.807, 2.05) is 36.4 Å². The molecule has 0 aromatic heterocycles. The number of hydrogen-bond acceptors (Lipinski definition) is 4. The molecule has 0 heterocycles. The highest BCUT2D eigenvalue weighted by atomic mass is 28.4. The van der Waals surface area contributed by atoms with Gasteiger partial charge in [0.2, 0.25) is 0 Å². The number of benzene rings is 1. The van der Waals surface area contributed by atoms with Crippen molar-refractivity contribution in [2.45, 2.75) is 70.6 Å². The molecule has 2 rings (SSSR count). The van der Waals surface area contributed by atoms with E-state index in [4.69, 9.17) is 13.9 Å². The minimum absolute atomic E-state index is 0.0995. The number of ether oxygens (including phenoxy) is 2. The molecule has 0 N–H and O–H groups in total. The first kappa shape index (κ1) is 21.0. The summed E-state index contributed by atoms with van der Waals surface area (Å²) in [5.74, 6) is 0.102. The van der Waals surface area contributed by atoms with Crippen molar-refractivity contribution in [3.8, 4) is 0 Å². The zero-order valence-electron chi connectivity index (χ0n) is 16.7. The quantitative estimate of drug-likeness (QED) is 0.387. The number of carbonyl (C=O) groups is 1. The lowest BCUT2D eigenvalue weighted by atomic mass is 10.1. The van der Waals surface area contributed by atoms with Gasteiger partial charge in [0, 0.05) is 12.8 Å². The smallest absolute Gasteiger partial charge is 0.192 e. The van der Waals surface area contributed by atoms with Crippen LogP contribution in [-0.2, 0) is 25.3 Å². The Hall–Kier alpha value is -1.27. The Morgan fingerprint density at radius 2 is 1.85 bits per heavy atom. The van der Waals surface area contributed by atoms with Gasteiger partial charge in [-0.15, -0.1) is 0 Å². The molecule has 2 atom stereocenters. The molecule has 0 unspecified atom stereocenters. The maximum atomic E-state index is 12.1. The van der Waals surface area contributed by atoms with Crippen LogP contribution in [0.1, 0.15) is 39.2 Å². The van der Waals surface area contributed by atoms with Crippen molar-refractivity contribution in [1.82, 2.24) is 0 Å². The minimum atomic E-state index is -1.92. The van der Waals surface area contributed by atoms with Crippen molar-refractivity contribution < 1.29 is 18.7 Å². The average molecular weight is 377 g/mol. The van der Waals surface area contributed by atoms with E-state index in [0.29, 0.717) is 19.4 Å². The SMILES string of the molecule is CC(C)(C)[Si](C)(C)O[C@H]1CC(=O)C=C[C@@H](OCOCc2ccccc2)C1. The van der Waals surface area contributed by atoms with E-state index in [1.165, 1.54) is 0 Å². The first-order chi connectivity index (χ1) is 12.2. The highest BCUT2D eigenvalue weighted by Crippen LogP contribution is 2.38. The Kier molecular flexibility index (Phi) is 7.35. The van der Waals surface area contributed by atoms with Gasteiger partial charge in [0.05, 0.1) is 18.8 Å². The number of carbonyl (C=O) groups excluding carboxylic acids is 1. The van der Waals surface area contributed by atoms with Crippen LogP contribution in [-0.4, -0.2) is 33.1 Å². The van der Waals surface area contributed by atoms with Gasteiger partial charge in [-0.05, 0) is 29.8 Å². The molecule has 0 spiro atoms. The molecule has 0 aliphatic heterocycles. The Morgan fingerprint density at radius 1 is 1.15 bits per heavy atom. The Labute approximate surface area is 158 Å². The third-order valence-corrected chi connectivity index (χ3v) is 9.70. The van der Waals surface area contributed by atoms with E-state index in [9.17, 15) is 4.79 Å². The number of allylic oxidation sites excluding steroid dienone is 1. The summed E-state index contributed by atoms with van der Waals surface area (Å²) in [7, 11) is -1.92. The van der Waals surface area contributed by atoms with Crippen LogP contribution in [0.2, 0.25) is 18.1 Å². The Morgan fingerprint density at radius 3 is 2.50 bits per heavy atom. The maximum Gasteiger partial charge on any atom is 0.192 e. The fourth-order valence-corrected chi connectivity index (χ4v) is 3.97. The van der Waals surface area contributed by atoms with E-state index in [-0.39, 0.29) is 29.8 Å². The third kappa shape index (κ3) is 6.47. The summed E-state index contributed by atoms with van der Waals surface area (Å²) in [4.78, 5) is 12.1. The summed E-state index contributed by atoms with van der Waals surface area (Å²) in [6.45, 7) is 11.8. The standard InChI is InChI=1S/C21H32O4Si/c1-21(2,3)26(4,5)25-20-13-18(22)11-12-19(14-20)24-16-23-15-17-9-7-6-8-10-17/h6-12,19-20H,13-16H2,1-5H3/t19-,20+/m1/s1. The predicted molar refractivity (Wildman–Crippen MR) is 106 cm³/mol. The minimum Gasteiger partial charge on any atom is -0.413 e. The summed E-state index contributed by atoms with van der Waals surface area (Å²) in [5, 5.41) is 0.116. The molecular formula is C21H32O4Si. The van der Waals surface area contributed by atoms with E-state index in [2.05, 4.69) is 33.9 Å². The van der Waals surface area contributed by atoms with Crippen LogP contribution < -0.4 is 0 Å². The van der Waals surface area contributed by atoms with Gasteiger partial charge in [0.1, 0.15) is 6.79 Å². The van der Waals surface area contributed by atoms with Crippen molar-refractivity contribution >= 4 is 14.1 Å². The van der Waals surface area contributed by atoms with Crippen LogP contribution in [0, 0.1) is 0 Å². The molecule has 0 saturated carbocycles. The van der Waals surface area contributed by atoms with Crippen molar-refractivity contribution in [3.05, 3.63) is 48.0 Å². The lowest BCUT2D eigenvalue weighted by molar-refractivity contribution is -0.116. The highest BCUT2D eigenvalue weighted by molar-refractivity contribution is 6.74. The van der Waals surface area contributed by atoms with E-state index < -0.39 is 8.32 Å². The van der Waals surface area contributed by atoms with Gasteiger partial charge in [0.25, 0.3) is 0 Å². The molecule has 144 valence electrons. The third-order valence-electron chi connectivity index (χ3n) is 5.17. The zero-order chi connectivity index (χ0) is 19.2. The molecule has 0 bridgehead atoms. The van der Waals surface area contributed by atoms with E-state index in [1.54, 1.807) is 6.08 Å². The molecule has 26 heavy (non-hydrogen) atoms. The molecule has 1 aliphatic rings. The zero-order valence-corrected chi connectivity index (χ0v) is 17.7. The van der Waals surface area contributed by atoms with Crippen LogP contribution in [0.15, 0.2) is 42.5 Å². The summed E-state index contributed by atoms with van der Waals surface area (Å²) in [6.07, 6.45) is 4.31. The topological polar surface area (TPSA) is 44.8 Å². The molecule has 0 amide bonds. The molecule has 1 aromatic rings. The lowest BCUT2D eigenvalue weighted by Crippen LogP contribution is -2.44. The summed E-state index contributed by atoms with van der Waals surface area (Å²) < 4.78 is 17.9. The van der Waals surface area contributed by atoms with Crippen LogP contribution in [0.4, 0.5) is 0 Å². The molecule has 0 radical (unpaired) electrons. The van der Waals surface area contributed by atoms with Gasteiger partial charge >= 0.3 is 0 Å². The second-order valence-corrected chi connectivity index (χ2v) is 13.2. The fourth-order valence-electron chi connectivity index (χ4n) is 2.60. The monoisotopic (exact) mass is 376 g/mol. The maximum absolute atomic E-state index is 12.1. The highest BCUT2D eigenvalue weighted by Gasteiger charge is 2.40. The molecule has 5 heteroatoms. The van der Waals surface area contributed by atoms with Crippen molar-refractivity contribution in [2.75, 3.05) is 6.79 Å². The summed E-state index contributed by atoms with van der Waals surface area (Å²) >= 11 is 0. The molecule has 0 saturated heterocycles. The largest absolute Gasteiger partial charge is 0.413 e.